The summed E-state index contributed by atoms with van der Waals surface area (Å²) < 4.78 is 16.0. The number of methoxy groups -OCH3 is 2. The summed E-state index contributed by atoms with van der Waals surface area (Å²) >= 11 is 0. The first-order valence-corrected chi connectivity index (χ1v) is 11.2. The highest BCUT2D eigenvalue weighted by atomic mass is 16.5. The number of aliphatic hydroxyl groups excluding tert-OH is 1. The Hall–Kier alpha value is -2.42. The Balaban J connectivity index is 1.71. The molecule has 0 aromatic heterocycles. The van der Waals surface area contributed by atoms with Crippen LogP contribution in [0.25, 0.3) is 0 Å². The van der Waals surface area contributed by atoms with Gasteiger partial charge >= 0.3 is 0 Å². The summed E-state index contributed by atoms with van der Waals surface area (Å²) in [6.07, 6.45) is 3.95. The highest BCUT2D eigenvalue weighted by molar-refractivity contribution is 6.05. The number of piperidine rings is 2. The van der Waals surface area contributed by atoms with Gasteiger partial charge in [0, 0.05) is 24.2 Å². The predicted octanol–water partition coefficient (Wildman–Crippen LogP) is 2.28. The molecule has 2 fully saturated rings. The van der Waals surface area contributed by atoms with E-state index in [1.807, 2.05) is 6.07 Å². The number of aliphatic imine (C=N–C) groups is 1. The summed E-state index contributed by atoms with van der Waals surface area (Å²) in [7, 11) is 3.15. The van der Waals surface area contributed by atoms with Gasteiger partial charge in [-0.3, -0.25) is 14.7 Å². The Labute approximate surface area is 188 Å². The molecule has 174 valence electrons. The molecule has 4 rings (SSSR count). The molecule has 0 amide bonds. The molecule has 1 aromatic rings. The zero-order chi connectivity index (χ0) is 22.9. The van der Waals surface area contributed by atoms with Crippen LogP contribution in [0, 0.1) is 11.8 Å². The molecule has 0 unspecified atom stereocenters. The van der Waals surface area contributed by atoms with E-state index in [0.717, 1.165) is 37.2 Å². The number of carbonyl (C=O) groups excluding carboxylic acids is 1. The van der Waals surface area contributed by atoms with Crippen LogP contribution in [-0.2, 0) is 26.5 Å². The van der Waals surface area contributed by atoms with Crippen molar-refractivity contribution < 1.29 is 29.2 Å². The number of fused-ring (bicyclic) bond motifs is 5. The summed E-state index contributed by atoms with van der Waals surface area (Å²) in [5.41, 5.74) is 2.46. The SMILES string of the molecule is CC[C@@H]1CN2CC[C@@]3(O)C(=Nc4ccc(CO)c(OC)c43)[C@@H]2C[C@@H]1/C(=C\OC)COC=O. The number of hydrogen-bond donors (Lipinski definition) is 2. The van der Waals surface area contributed by atoms with Gasteiger partial charge in [0.1, 0.15) is 18.0 Å². The molecule has 0 spiro atoms. The smallest absolute Gasteiger partial charge is 0.293 e. The van der Waals surface area contributed by atoms with E-state index in [-0.39, 0.29) is 25.2 Å². The van der Waals surface area contributed by atoms with Crippen molar-refractivity contribution in [3.63, 3.8) is 0 Å². The lowest BCUT2D eigenvalue weighted by Crippen LogP contribution is -2.60. The molecule has 2 N–H and O–H groups in total. The Morgan fingerprint density at radius 2 is 2.19 bits per heavy atom. The van der Waals surface area contributed by atoms with Gasteiger partial charge in [-0.2, -0.15) is 0 Å². The Bertz CT molecular complexity index is 929. The average Bonchev–Trinajstić information content (AvgIpc) is 3.13. The van der Waals surface area contributed by atoms with Gasteiger partial charge in [-0.05, 0) is 30.7 Å². The van der Waals surface area contributed by atoms with Gasteiger partial charge in [0.25, 0.3) is 6.47 Å². The lowest BCUT2D eigenvalue weighted by molar-refractivity contribution is -0.128. The predicted molar refractivity (Wildman–Crippen MR) is 119 cm³/mol. The first-order chi connectivity index (χ1) is 15.5. The van der Waals surface area contributed by atoms with Crippen molar-refractivity contribution in [2.24, 2.45) is 16.8 Å². The van der Waals surface area contributed by atoms with Crippen LogP contribution in [-0.4, -0.2) is 67.3 Å². The fraction of sp³-hybridized carbons (Fsp3) is 0.583. The lowest BCUT2D eigenvalue weighted by Gasteiger charge is -2.50. The summed E-state index contributed by atoms with van der Waals surface area (Å²) in [5.74, 6) is 1.04. The fourth-order valence-electron chi connectivity index (χ4n) is 5.77. The second-order valence-corrected chi connectivity index (χ2v) is 8.77. The summed E-state index contributed by atoms with van der Waals surface area (Å²) in [6, 6.07) is 3.60. The van der Waals surface area contributed by atoms with Crippen LogP contribution in [0.5, 0.6) is 5.75 Å². The van der Waals surface area contributed by atoms with E-state index in [1.165, 1.54) is 0 Å². The number of benzene rings is 1. The number of rotatable bonds is 8. The van der Waals surface area contributed by atoms with Crippen molar-refractivity contribution in [2.45, 2.75) is 44.4 Å². The number of ether oxygens (including phenoxy) is 3. The molecule has 3 aliphatic rings. The van der Waals surface area contributed by atoms with E-state index in [1.54, 1.807) is 26.5 Å². The minimum absolute atomic E-state index is 0.0484. The van der Waals surface area contributed by atoms with Gasteiger partial charge in [-0.15, -0.1) is 0 Å². The first-order valence-electron chi connectivity index (χ1n) is 11.2. The maximum Gasteiger partial charge on any atom is 0.293 e. The van der Waals surface area contributed by atoms with E-state index >= 15 is 0 Å². The molecule has 0 radical (unpaired) electrons. The quantitative estimate of drug-likeness (QED) is 0.469. The zero-order valence-corrected chi connectivity index (χ0v) is 18.9. The third-order valence-corrected chi connectivity index (χ3v) is 7.29. The van der Waals surface area contributed by atoms with Gasteiger partial charge in [-0.25, -0.2) is 0 Å². The maximum atomic E-state index is 11.9. The number of carbonyl (C=O) groups is 1. The first kappa shape index (κ1) is 22.8. The fourth-order valence-corrected chi connectivity index (χ4v) is 5.77. The molecule has 0 aliphatic carbocycles. The molecule has 0 saturated carbocycles. The normalized spacial score (nSPS) is 29.5. The number of nitrogens with zero attached hydrogens (tertiary/aromatic N) is 2. The van der Waals surface area contributed by atoms with Crippen LogP contribution in [0.2, 0.25) is 0 Å². The average molecular weight is 445 g/mol. The minimum atomic E-state index is -1.22. The van der Waals surface area contributed by atoms with Crippen LogP contribution in [0.3, 0.4) is 0 Å². The molecule has 32 heavy (non-hydrogen) atoms. The van der Waals surface area contributed by atoms with E-state index in [0.29, 0.717) is 41.4 Å². The largest absolute Gasteiger partial charge is 0.504 e. The van der Waals surface area contributed by atoms with Crippen molar-refractivity contribution in [1.82, 2.24) is 4.90 Å². The Morgan fingerprint density at radius 1 is 1.38 bits per heavy atom. The van der Waals surface area contributed by atoms with E-state index in [2.05, 4.69) is 11.8 Å². The topological polar surface area (TPSA) is 101 Å². The van der Waals surface area contributed by atoms with Gasteiger partial charge in [0.2, 0.25) is 0 Å². The Morgan fingerprint density at radius 3 is 2.84 bits per heavy atom. The Kier molecular flexibility index (Phi) is 6.55. The van der Waals surface area contributed by atoms with Crippen molar-refractivity contribution in [2.75, 3.05) is 33.9 Å². The summed E-state index contributed by atoms with van der Waals surface area (Å²) in [5, 5.41) is 21.7. The van der Waals surface area contributed by atoms with Gasteiger partial charge in [0.05, 0.1) is 50.1 Å². The van der Waals surface area contributed by atoms with Crippen LogP contribution < -0.4 is 4.74 Å². The van der Waals surface area contributed by atoms with E-state index < -0.39 is 5.60 Å². The second-order valence-electron chi connectivity index (χ2n) is 8.77. The summed E-state index contributed by atoms with van der Waals surface area (Å²) in [6.45, 7) is 4.27. The van der Waals surface area contributed by atoms with Gasteiger partial charge in [0.15, 0.2) is 0 Å². The number of hydrogen-bond acceptors (Lipinski definition) is 8. The molecule has 0 bridgehead atoms. The van der Waals surface area contributed by atoms with Crippen molar-refractivity contribution in [3.8, 4) is 5.75 Å². The minimum Gasteiger partial charge on any atom is -0.504 e. The molecule has 2 saturated heterocycles. The molecule has 1 aromatic carbocycles. The molecular formula is C24H32N2O6. The van der Waals surface area contributed by atoms with Crippen molar-refractivity contribution >= 4 is 17.9 Å². The molecule has 4 atom stereocenters. The maximum absolute atomic E-state index is 11.9. The monoisotopic (exact) mass is 444 g/mol. The number of aliphatic hydroxyl groups is 2. The van der Waals surface area contributed by atoms with Crippen LogP contribution in [0.15, 0.2) is 29.0 Å². The third kappa shape index (κ3) is 3.60. The molecule has 3 heterocycles. The highest BCUT2D eigenvalue weighted by Crippen LogP contribution is 2.52. The summed E-state index contributed by atoms with van der Waals surface area (Å²) in [4.78, 5) is 18.1. The van der Waals surface area contributed by atoms with E-state index in [4.69, 9.17) is 19.2 Å². The zero-order valence-electron chi connectivity index (χ0n) is 18.9. The molecule has 3 aliphatic heterocycles. The lowest BCUT2D eigenvalue weighted by atomic mass is 9.70. The van der Waals surface area contributed by atoms with Gasteiger partial charge in [-0.1, -0.05) is 19.4 Å². The molecule has 8 nitrogen and oxygen atoms in total. The molecular weight excluding hydrogens is 412 g/mol. The van der Waals surface area contributed by atoms with Crippen LogP contribution in [0.1, 0.15) is 37.3 Å². The molecule has 8 heteroatoms. The van der Waals surface area contributed by atoms with Crippen molar-refractivity contribution in [3.05, 3.63) is 35.1 Å². The van der Waals surface area contributed by atoms with Crippen molar-refractivity contribution in [1.29, 1.82) is 0 Å². The van der Waals surface area contributed by atoms with Gasteiger partial charge < -0.3 is 24.4 Å². The highest BCUT2D eigenvalue weighted by Gasteiger charge is 2.54. The van der Waals surface area contributed by atoms with Crippen LogP contribution >= 0.6 is 0 Å². The van der Waals surface area contributed by atoms with Crippen LogP contribution in [0.4, 0.5) is 5.69 Å². The third-order valence-electron chi connectivity index (χ3n) is 7.29. The standard InChI is InChI=1S/C24H32N2O6/c1-4-15-10-26-8-7-24(29)21-19(6-5-16(11-27)22(21)31-3)25-23(24)20(26)9-18(15)17(12-30-2)13-32-14-28/h5-6,12,14-15,18,20,27,29H,4,7-11,13H2,1-3H3/b17-12-/t15-,18+,20+,24+/m1/s1. The second kappa shape index (κ2) is 9.21. The van der Waals surface area contributed by atoms with E-state index in [9.17, 15) is 15.0 Å².